The van der Waals surface area contributed by atoms with Crippen molar-refractivity contribution in [3.8, 4) is 0 Å². The summed E-state index contributed by atoms with van der Waals surface area (Å²) in [4.78, 5) is 28.8. The van der Waals surface area contributed by atoms with Gasteiger partial charge in [0.1, 0.15) is 25.3 Å². The van der Waals surface area contributed by atoms with Crippen LogP contribution in [0.15, 0.2) is 65.1 Å². The Balaban J connectivity index is 1.21. The van der Waals surface area contributed by atoms with Crippen LogP contribution in [0.1, 0.15) is 60.7 Å². The summed E-state index contributed by atoms with van der Waals surface area (Å²) < 4.78 is 17.0. The van der Waals surface area contributed by atoms with Crippen LogP contribution in [0.3, 0.4) is 0 Å². The quantitative estimate of drug-likeness (QED) is 0.493. The van der Waals surface area contributed by atoms with Gasteiger partial charge in [-0.05, 0) is 36.8 Å². The minimum atomic E-state index is -0.400. The summed E-state index contributed by atoms with van der Waals surface area (Å²) in [5.41, 5.74) is 1.86. The topological polar surface area (TPSA) is 98.0 Å². The number of benzene rings is 2. The lowest BCUT2D eigenvalue weighted by Crippen LogP contribution is -2.31. The zero-order chi connectivity index (χ0) is 24.0. The minimum absolute atomic E-state index is 0.208. The molecule has 3 aromatic rings. The molecule has 0 bridgehead atoms. The predicted octanol–water partition coefficient (Wildman–Crippen LogP) is 5.02. The fourth-order valence-corrected chi connectivity index (χ4v) is 4.60. The Morgan fingerprint density at radius 1 is 0.743 bits per heavy atom. The number of hydrogen-bond donors (Lipinski definition) is 0. The van der Waals surface area contributed by atoms with E-state index in [0.29, 0.717) is 24.9 Å². The normalized spacial score (nSPS) is 19.7. The largest absolute Gasteiger partial charge is 0.445 e. The minimum Gasteiger partial charge on any atom is -0.445 e. The van der Waals surface area contributed by atoms with Crippen LogP contribution in [-0.4, -0.2) is 45.3 Å². The van der Waals surface area contributed by atoms with Gasteiger partial charge in [0, 0.05) is 13.1 Å². The molecule has 9 nitrogen and oxygen atoms in total. The average molecular weight is 477 g/mol. The number of rotatable bonds is 6. The molecule has 182 valence electrons. The molecule has 1 unspecified atom stereocenters. The van der Waals surface area contributed by atoms with Crippen molar-refractivity contribution in [1.82, 2.24) is 20.0 Å². The van der Waals surface area contributed by atoms with E-state index < -0.39 is 12.2 Å². The van der Waals surface area contributed by atoms with E-state index in [2.05, 4.69) is 10.2 Å². The molecule has 5 rings (SSSR count). The van der Waals surface area contributed by atoms with Crippen LogP contribution >= 0.6 is 0 Å². The standard InChI is InChI=1S/C26H28N4O5/c31-25(33-17-19-9-3-1-4-10-19)29-15-7-13-21(29)23-27-28-24(35-23)22-14-8-16-30(22)26(32)34-18-20-11-5-2-6-12-20/h1-6,9-12,21-22H,7-8,13-18H2/t21-,22?/m0/s1. The Morgan fingerprint density at radius 3 is 1.60 bits per heavy atom. The SMILES string of the molecule is O=C(OCc1ccccc1)N1CCCC1c1nnc([C@@H]2CCCN2C(=O)OCc2ccccc2)o1. The third-order valence-corrected chi connectivity index (χ3v) is 6.41. The fraction of sp³-hybridized carbons (Fsp3) is 0.385. The van der Waals surface area contributed by atoms with Gasteiger partial charge in [-0.25, -0.2) is 9.59 Å². The molecule has 0 spiro atoms. The number of hydrogen-bond acceptors (Lipinski definition) is 7. The van der Waals surface area contributed by atoms with Crippen LogP contribution in [-0.2, 0) is 22.7 Å². The average Bonchev–Trinajstić information content (AvgIpc) is 3.67. The van der Waals surface area contributed by atoms with E-state index in [9.17, 15) is 9.59 Å². The monoisotopic (exact) mass is 476 g/mol. The van der Waals surface area contributed by atoms with Gasteiger partial charge >= 0.3 is 12.2 Å². The van der Waals surface area contributed by atoms with Gasteiger partial charge < -0.3 is 13.9 Å². The lowest BCUT2D eigenvalue weighted by Gasteiger charge is -2.22. The summed E-state index contributed by atoms with van der Waals surface area (Å²) >= 11 is 0. The lowest BCUT2D eigenvalue weighted by molar-refractivity contribution is 0.0838. The van der Waals surface area contributed by atoms with Gasteiger partial charge in [-0.3, -0.25) is 9.80 Å². The number of carbonyl (C=O) groups is 2. The maximum absolute atomic E-state index is 12.7. The number of carbonyl (C=O) groups excluding carboxylic acids is 2. The van der Waals surface area contributed by atoms with E-state index in [0.717, 1.165) is 36.8 Å². The first-order valence-corrected chi connectivity index (χ1v) is 12.0. The van der Waals surface area contributed by atoms with E-state index in [1.165, 1.54) is 0 Å². The Labute approximate surface area is 203 Å². The van der Waals surface area contributed by atoms with E-state index in [4.69, 9.17) is 13.9 Å². The Hall–Kier alpha value is -3.88. The van der Waals surface area contributed by atoms with Crippen molar-refractivity contribution in [2.75, 3.05) is 13.1 Å². The van der Waals surface area contributed by atoms with Crippen molar-refractivity contribution in [1.29, 1.82) is 0 Å². The number of amides is 2. The maximum Gasteiger partial charge on any atom is 0.410 e. The van der Waals surface area contributed by atoms with Crippen molar-refractivity contribution >= 4 is 12.2 Å². The Morgan fingerprint density at radius 2 is 1.17 bits per heavy atom. The van der Waals surface area contributed by atoms with Crippen molar-refractivity contribution in [2.45, 2.75) is 51.0 Å². The second-order valence-corrected chi connectivity index (χ2v) is 8.76. The fourth-order valence-electron chi connectivity index (χ4n) is 4.60. The molecule has 1 aromatic heterocycles. The van der Waals surface area contributed by atoms with Gasteiger partial charge in [-0.1, -0.05) is 60.7 Å². The third-order valence-electron chi connectivity index (χ3n) is 6.41. The van der Waals surface area contributed by atoms with Gasteiger partial charge in [0.25, 0.3) is 0 Å². The third kappa shape index (κ3) is 5.29. The second kappa shape index (κ2) is 10.6. The van der Waals surface area contributed by atoms with Crippen LogP contribution in [0.25, 0.3) is 0 Å². The highest BCUT2D eigenvalue weighted by Crippen LogP contribution is 2.36. The molecular weight excluding hydrogens is 448 g/mol. The summed E-state index contributed by atoms with van der Waals surface area (Å²) in [6.45, 7) is 1.55. The summed E-state index contributed by atoms with van der Waals surface area (Å²) in [5.74, 6) is 0.748. The molecule has 2 fully saturated rings. The van der Waals surface area contributed by atoms with Crippen LogP contribution in [0, 0.1) is 0 Å². The molecule has 35 heavy (non-hydrogen) atoms. The van der Waals surface area contributed by atoms with E-state index in [1.54, 1.807) is 9.80 Å². The van der Waals surface area contributed by atoms with Crippen molar-refractivity contribution in [3.05, 3.63) is 83.6 Å². The summed E-state index contributed by atoms with van der Waals surface area (Å²) in [6, 6.07) is 18.5. The smallest absolute Gasteiger partial charge is 0.410 e. The van der Waals surface area contributed by atoms with E-state index in [1.807, 2.05) is 60.7 Å². The number of ether oxygens (including phenoxy) is 2. The van der Waals surface area contributed by atoms with Crippen LogP contribution < -0.4 is 0 Å². The molecule has 2 aliphatic rings. The first-order chi connectivity index (χ1) is 17.2. The first kappa shape index (κ1) is 22.9. The number of aromatic nitrogens is 2. The second-order valence-electron chi connectivity index (χ2n) is 8.76. The highest BCUT2D eigenvalue weighted by molar-refractivity contribution is 5.69. The van der Waals surface area contributed by atoms with Crippen LogP contribution in [0.4, 0.5) is 9.59 Å². The van der Waals surface area contributed by atoms with E-state index in [-0.39, 0.29) is 25.3 Å². The van der Waals surface area contributed by atoms with Gasteiger partial charge in [0.15, 0.2) is 0 Å². The van der Waals surface area contributed by atoms with Crippen molar-refractivity contribution < 1.29 is 23.5 Å². The summed E-state index contributed by atoms with van der Waals surface area (Å²) in [7, 11) is 0. The van der Waals surface area contributed by atoms with Crippen molar-refractivity contribution in [2.24, 2.45) is 0 Å². The molecule has 2 saturated heterocycles. The van der Waals surface area contributed by atoms with Crippen molar-refractivity contribution in [3.63, 3.8) is 0 Å². The molecule has 0 N–H and O–H groups in total. The number of nitrogens with zero attached hydrogens (tertiary/aromatic N) is 4. The molecular formula is C26H28N4O5. The summed E-state index contributed by atoms with van der Waals surface area (Å²) in [5, 5.41) is 8.47. The first-order valence-electron chi connectivity index (χ1n) is 12.0. The molecule has 0 radical (unpaired) electrons. The molecule has 3 heterocycles. The zero-order valence-corrected chi connectivity index (χ0v) is 19.4. The summed E-state index contributed by atoms with van der Waals surface area (Å²) in [6.07, 6.45) is 2.28. The number of likely N-dealkylation sites (tertiary alicyclic amines) is 2. The van der Waals surface area contributed by atoms with Crippen LogP contribution in [0.5, 0.6) is 0 Å². The van der Waals surface area contributed by atoms with E-state index >= 15 is 0 Å². The zero-order valence-electron chi connectivity index (χ0n) is 19.4. The van der Waals surface area contributed by atoms with Gasteiger partial charge in [-0.2, -0.15) is 0 Å². The highest BCUT2D eigenvalue weighted by Gasteiger charge is 2.38. The molecule has 2 amide bonds. The highest BCUT2D eigenvalue weighted by atomic mass is 16.6. The Bertz CT molecular complexity index is 1050. The molecule has 2 atom stereocenters. The molecule has 9 heteroatoms. The predicted molar refractivity (Wildman–Crippen MR) is 125 cm³/mol. The Kier molecular flexibility index (Phi) is 6.92. The van der Waals surface area contributed by atoms with Gasteiger partial charge in [0.05, 0.1) is 0 Å². The lowest BCUT2D eigenvalue weighted by atomic mass is 10.2. The van der Waals surface area contributed by atoms with Crippen LogP contribution in [0.2, 0.25) is 0 Å². The maximum atomic E-state index is 12.7. The molecule has 0 saturated carbocycles. The molecule has 2 aromatic carbocycles. The van der Waals surface area contributed by atoms with Gasteiger partial charge in [-0.15, -0.1) is 10.2 Å². The molecule has 2 aliphatic heterocycles. The van der Waals surface area contributed by atoms with Gasteiger partial charge in [0.2, 0.25) is 11.8 Å². The molecule has 0 aliphatic carbocycles.